The van der Waals surface area contributed by atoms with Crippen molar-refractivity contribution in [1.29, 1.82) is 0 Å². The van der Waals surface area contributed by atoms with Crippen LogP contribution in [0.1, 0.15) is 51.4 Å². The summed E-state index contributed by atoms with van der Waals surface area (Å²) in [6.07, 6.45) is 10.5. The summed E-state index contributed by atoms with van der Waals surface area (Å²) >= 11 is 2.39. The number of quaternary nitrogens is 1. The first-order chi connectivity index (χ1) is 10.7. The predicted octanol–water partition coefficient (Wildman–Crippen LogP) is -7.19. The Balaban J connectivity index is -0.00000161. The van der Waals surface area contributed by atoms with Crippen LogP contribution in [0.2, 0.25) is 0 Å². The van der Waals surface area contributed by atoms with Gasteiger partial charge in [0.05, 0.1) is 0 Å². The zero-order valence-electron chi connectivity index (χ0n) is 15.9. The SMILES string of the molecule is C[N+]1([Ti])CCCCNCCCCNCCCCNCCCC1.[Cl-].[Cl-].[Cl-]. The summed E-state index contributed by atoms with van der Waals surface area (Å²) in [7, 11) is 2.39. The largest absolute Gasteiger partial charge is 1.00 e. The van der Waals surface area contributed by atoms with Gasteiger partial charge in [-0.05, 0) is 0 Å². The molecule has 0 unspecified atom stereocenters. The summed E-state index contributed by atoms with van der Waals surface area (Å²) in [5.41, 5.74) is 0. The van der Waals surface area contributed by atoms with E-state index in [1.54, 1.807) is 0 Å². The second-order valence-corrected chi connectivity index (χ2v) is 8.61. The topological polar surface area (TPSA) is 36.1 Å². The van der Waals surface area contributed by atoms with Gasteiger partial charge in [-0.15, -0.1) is 0 Å². The Morgan fingerprint density at radius 3 is 1.04 bits per heavy atom. The number of hydrogen-bond donors (Lipinski definition) is 3. The first kappa shape index (κ1) is 31.1. The van der Waals surface area contributed by atoms with Crippen LogP contribution in [0.5, 0.6) is 0 Å². The first-order valence-electron chi connectivity index (χ1n) is 9.42. The van der Waals surface area contributed by atoms with Gasteiger partial charge < -0.3 is 37.2 Å². The zero-order chi connectivity index (χ0) is 15.9. The molecule has 25 heavy (non-hydrogen) atoms. The molecule has 0 aromatic carbocycles. The van der Waals surface area contributed by atoms with Gasteiger partial charge in [0.25, 0.3) is 0 Å². The molecule has 153 valence electrons. The maximum absolute atomic E-state index is 3.59. The molecule has 1 aliphatic heterocycles. The summed E-state index contributed by atoms with van der Waals surface area (Å²) in [6.45, 7) is 9.75. The van der Waals surface area contributed by atoms with Gasteiger partial charge in [-0.25, -0.2) is 0 Å². The molecule has 4 nitrogen and oxygen atoms in total. The van der Waals surface area contributed by atoms with Gasteiger partial charge in [0.2, 0.25) is 0 Å². The van der Waals surface area contributed by atoms with Crippen molar-refractivity contribution in [2.24, 2.45) is 0 Å². The quantitative estimate of drug-likeness (QED) is 0.320. The van der Waals surface area contributed by atoms with Crippen LogP contribution in [-0.2, 0) is 20.7 Å². The standard InChI is InChI=1S/C17H38N4.3ClH.Ti/c1-21-16-8-6-14-19-12-4-2-10-18-11-3-5-13-20-15-7-9-17-21;;;;/h18-20H,2-17H2,1H3;3*1H;/q;;;;+1/p-3. The van der Waals surface area contributed by atoms with Crippen molar-refractivity contribution in [2.45, 2.75) is 51.4 Å². The Labute approximate surface area is 186 Å². The number of rotatable bonds is 0. The average molecular weight is 453 g/mol. The van der Waals surface area contributed by atoms with Gasteiger partial charge >= 0.3 is 150 Å². The molecule has 0 amide bonds. The van der Waals surface area contributed by atoms with Crippen LogP contribution in [0.15, 0.2) is 0 Å². The molecule has 0 bridgehead atoms. The summed E-state index contributed by atoms with van der Waals surface area (Å²) in [5.74, 6) is 0. The van der Waals surface area contributed by atoms with E-state index in [1.165, 1.54) is 107 Å². The van der Waals surface area contributed by atoms with Crippen molar-refractivity contribution < 1.29 is 60.9 Å². The van der Waals surface area contributed by atoms with Crippen molar-refractivity contribution in [2.75, 3.05) is 59.4 Å². The minimum atomic E-state index is 0. The molecule has 0 aromatic rings. The van der Waals surface area contributed by atoms with Gasteiger partial charge in [-0.3, -0.25) is 0 Å². The monoisotopic (exact) mass is 451 g/mol. The molecule has 0 spiro atoms. The third kappa shape index (κ3) is 21.6. The summed E-state index contributed by atoms with van der Waals surface area (Å²) < 4.78 is 1.19. The number of nitrogens with one attached hydrogen (secondary N) is 3. The van der Waals surface area contributed by atoms with Crippen molar-refractivity contribution >= 4 is 0 Å². The number of halogens is 3. The van der Waals surface area contributed by atoms with E-state index < -0.39 is 0 Å². The van der Waals surface area contributed by atoms with Crippen LogP contribution < -0.4 is 53.2 Å². The maximum atomic E-state index is 3.59. The number of hydrogen-bond acceptors (Lipinski definition) is 3. The molecule has 1 heterocycles. The van der Waals surface area contributed by atoms with Crippen molar-refractivity contribution in [3.05, 3.63) is 0 Å². The van der Waals surface area contributed by atoms with Crippen LogP contribution in [0, 0.1) is 0 Å². The molecular weight excluding hydrogens is 414 g/mol. The van der Waals surface area contributed by atoms with E-state index in [0.717, 1.165) is 0 Å². The fourth-order valence-corrected chi connectivity index (χ4v) is 3.40. The van der Waals surface area contributed by atoms with Crippen LogP contribution in [0.25, 0.3) is 0 Å². The number of nitrogens with zero attached hydrogens (tertiary/aromatic N) is 1. The van der Waals surface area contributed by atoms with Crippen LogP contribution in [0.3, 0.4) is 0 Å². The fourth-order valence-electron chi connectivity index (χ4n) is 2.91. The molecule has 1 saturated heterocycles. The molecule has 0 saturated carbocycles. The molecule has 0 aromatic heterocycles. The second-order valence-electron chi connectivity index (χ2n) is 6.92. The summed E-state index contributed by atoms with van der Waals surface area (Å²) in [5, 5.41) is 10.7. The normalized spacial score (nSPS) is 22.2. The third-order valence-corrected chi connectivity index (χ3v) is 5.12. The van der Waals surface area contributed by atoms with Gasteiger partial charge in [-0.1, -0.05) is 0 Å². The summed E-state index contributed by atoms with van der Waals surface area (Å²) in [4.78, 5) is 0. The van der Waals surface area contributed by atoms with Gasteiger partial charge in [0.1, 0.15) is 0 Å². The van der Waals surface area contributed by atoms with Crippen molar-refractivity contribution in [1.82, 2.24) is 16.0 Å². The molecule has 1 fully saturated rings. The van der Waals surface area contributed by atoms with Gasteiger partial charge in [0, 0.05) is 0 Å². The molecular formula is C17H38Cl3N4Ti-2. The Bertz CT molecular complexity index is 240. The van der Waals surface area contributed by atoms with Crippen molar-refractivity contribution in [3.8, 4) is 0 Å². The molecule has 1 aliphatic rings. The smallest absolute Gasteiger partial charge is 1.00 e. The van der Waals surface area contributed by atoms with Crippen LogP contribution in [-0.4, -0.2) is 62.4 Å². The Morgan fingerprint density at radius 2 is 0.760 bits per heavy atom. The molecule has 3 N–H and O–H groups in total. The van der Waals surface area contributed by atoms with E-state index in [1.807, 2.05) is 0 Å². The van der Waals surface area contributed by atoms with Gasteiger partial charge in [0.15, 0.2) is 0 Å². The van der Waals surface area contributed by atoms with E-state index in [2.05, 4.69) is 43.7 Å². The zero-order valence-corrected chi connectivity index (χ0v) is 19.7. The molecule has 1 rings (SSSR count). The Hall–Kier alpha value is 1.42. The fraction of sp³-hybridized carbons (Fsp3) is 1.00. The van der Waals surface area contributed by atoms with E-state index in [-0.39, 0.29) is 37.2 Å². The van der Waals surface area contributed by atoms with Gasteiger partial charge in [-0.2, -0.15) is 0 Å². The van der Waals surface area contributed by atoms with Crippen LogP contribution >= 0.6 is 0 Å². The van der Waals surface area contributed by atoms with Crippen LogP contribution in [0.4, 0.5) is 0 Å². The molecule has 0 aliphatic carbocycles. The van der Waals surface area contributed by atoms with E-state index in [4.69, 9.17) is 0 Å². The summed E-state index contributed by atoms with van der Waals surface area (Å²) in [6, 6.07) is 0. The van der Waals surface area contributed by atoms with E-state index >= 15 is 0 Å². The third-order valence-electron chi connectivity index (χ3n) is 4.42. The van der Waals surface area contributed by atoms with E-state index in [0.29, 0.717) is 0 Å². The maximum Gasteiger partial charge on any atom is -1.00 e. The molecule has 0 radical (unpaired) electrons. The second kappa shape index (κ2) is 21.7. The average Bonchev–Trinajstić information content (AvgIpc) is 2.48. The Kier molecular flexibility index (Phi) is 27.0. The predicted molar refractivity (Wildman–Crippen MR) is 91.5 cm³/mol. The minimum absolute atomic E-state index is 0. The Morgan fingerprint density at radius 1 is 0.520 bits per heavy atom. The molecule has 8 heteroatoms. The van der Waals surface area contributed by atoms with E-state index in [9.17, 15) is 0 Å². The van der Waals surface area contributed by atoms with Crippen molar-refractivity contribution in [3.63, 3.8) is 0 Å². The molecule has 0 atom stereocenters. The first-order valence-corrected chi connectivity index (χ1v) is 10.1. The minimum Gasteiger partial charge on any atom is -1.00 e.